The summed E-state index contributed by atoms with van der Waals surface area (Å²) < 4.78 is 5.21. The molecule has 2 unspecified atom stereocenters. The quantitative estimate of drug-likeness (QED) is 0.805. The van der Waals surface area contributed by atoms with Crippen LogP contribution in [0.2, 0.25) is 0 Å². The second-order valence-electron chi connectivity index (χ2n) is 4.93. The van der Waals surface area contributed by atoms with E-state index < -0.39 is 0 Å². The lowest BCUT2D eigenvalue weighted by Crippen LogP contribution is -2.34. The van der Waals surface area contributed by atoms with Crippen molar-refractivity contribution < 1.29 is 4.74 Å². The summed E-state index contributed by atoms with van der Waals surface area (Å²) in [6.45, 7) is 5.14. The van der Waals surface area contributed by atoms with Crippen molar-refractivity contribution in [2.24, 2.45) is 0 Å². The first-order chi connectivity index (χ1) is 8.58. The van der Waals surface area contributed by atoms with Gasteiger partial charge < -0.3 is 15.0 Å². The van der Waals surface area contributed by atoms with Crippen LogP contribution in [0.1, 0.15) is 31.9 Å². The molecule has 0 saturated heterocycles. The van der Waals surface area contributed by atoms with E-state index in [0.29, 0.717) is 12.1 Å². The average Bonchev–Trinajstić information content (AvgIpc) is 2.38. The average molecular weight is 250 g/mol. The van der Waals surface area contributed by atoms with Crippen LogP contribution in [0.3, 0.4) is 0 Å². The molecule has 0 spiro atoms. The van der Waals surface area contributed by atoms with Crippen molar-refractivity contribution in [3.63, 3.8) is 0 Å². The fourth-order valence-corrected chi connectivity index (χ4v) is 2.00. The molecule has 0 aliphatic carbocycles. The van der Waals surface area contributed by atoms with E-state index in [2.05, 4.69) is 62.4 Å². The maximum atomic E-state index is 5.21. The summed E-state index contributed by atoms with van der Waals surface area (Å²) in [6, 6.07) is 9.45. The van der Waals surface area contributed by atoms with Crippen molar-refractivity contribution in [1.82, 2.24) is 5.32 Å². The van der Waals surface area contributed by atoms with Gasteiger partial charge in [-0.2, -0.15) is 0 Å². The second-order valence-corrected chi connectivity index (χ2v) is 4.93. The fraction of sp³-hybridized carbons (Fsp3) is 0.600. The Morgan fingerprint density at radius 2 is 1.83 bits per heavy atom. The first-order valence-corrected chi connectivity index (χ1v) is 6.60. The van der Waals surface area contributed by atoms with Gasteiger partial charge in [0.25, 0.3) is 0 Å². The lowest BCUT2D eigenvalue weighted by molar-refractivity contribution is 0.159. The first kappa shape index (κ1) is 15.0. The third-order valence-corrected chi connectivity index (χ3v) is 3.26. The van der Waals surface area contributed by atoms with Gasteiger partial charge in [-0.25, -0.2) is 0 Å². The Morgan fingerprint density at radius 3 is 2.28 bits per heavy atom. The van der Waals surface area contributed by atoms with Crippen LogP contribution in [0.15, 0.2) is 24.3 Å². The Kier molecular flexibility index (Phi) is 6.16. The van der Waals surface area contributed by atoms with Crippen LogP contribution in [-0.4, -0.2) is 33.9 Å². The van der Waals surface area contributed by atoms with Crippen LogP contribution in [0.5, 0.6) is 0 Å². The highest BCUT2D eigenvalue weighted by atomic mass is 16.5. The Balaban J connectivity index is 2.63. The maximum Gasteiger partial charge on any atom is 0.0615 e. The molecule has 0 heterocycles. The number of methoxy groups -OCH3 is 1. The minimum atomic E-state index is 0.348. The number of nitrogens with one attached hydrogen (secondary N) is 1. The van der Waals surface area contributed by atoms with Gasteiger partial charge in [0, 0.05) is 39.0 Å². The first-order valence-electron chi connectivity index (χ1n) is 6.60. The molecular formula is C15H26N2O. The summed E-state index contributed by atoms with van der Waals surface area (Å²) >= 11 is 0. The third kappa shape index (κ3) is 4.31. The van der Waals surface area contributed by atoms with E-state index in [4.69, 9.17) is 4.74 Å². The van der Waals surface area contributed by atoms with E-state index in [-0.39, 0.29) is 0 Å². The van der Waals surface area contributed by atoms with Crippen molar-refractivity contribution in [2.75, 3.05) is 32.7 Å². The van der Waals surface area contributed by atoms with Crippen LogP contribution in [0, 0.1) is 0 Å². The molecule has 2 atom stereocenters. The second kappa shape index (κ2) is 7.39. The summed E-state index contributed by atoms with van der Waals surface area (Å²) in [5, 5.41) is 3.59. The molecule has 0 radical (unpaired) electrons. The smallest absolute Gasteiger partial charge is 0.0615 e. The molecule has 0 aromatic heterocycles. The predicted octanol–water partition coefficient (Wildman–Crippen LogP) is 2.83. The number of rotatable bonds is 7. The minimum Gasteiger partial charge on any atom is -0.383 e. The van der Waals surface area contributed by atoms with Gasteiger partial charge in [-0.3, -0.25) is 0 Å². The van der Waals surface area contributed by atoms with E-state index in [1.165, 1.54) is 11.3 Å². The van der Waals surface area contributed by atoms with E-state index in [9.17, 15) is 0 Å². The van der Waals surface area contributed by atoms with Gasteiger partial charge in [0.2, 0.25) is 0 Å². The summed E-state index contributed by atoms with van der Waals surface area (Å²) in [6.07, 6.45) is 1.08. The Bertz CT molecular complexity index is 335. The Morgan fingerprint density at radius 1 is 1.22 bits per heavy atom. The lowest BCUT2D eigenvalue weighted by Gasteiger charge is -2.22. The molecule has 0 aliphatic heterocycles. The van der Waals surface area contributed by atoms with Crippen molar-refractivity contribution in [2.45, 2.75) is 32.4 Å². The highest BCUT2D eigenvalue weighted by Crippen LogP contribution is 2.18. The summed E-state index contributed by atoms with van der Waals surface area (Å²) in [7, 11) is 5.87. The number of hydrogen-bond acceptors (Lipinski definition) is 3. The van der Waals surface area contributed by atoms with Crippen molar-refractivity contribution in [1.29, 1.82) is 0 Å². The lowest BCUT2D eigenvalue weighted by atomic mass is 10.1. The highest BCUT2D eigenvalue weighted by Gasteiger charge is 2.11. The van der Waals surface area contributed by atoms with Gasteiger partial charge in [-0.1, -0.05) is 19.1 Å². The molecule has 0 aliphatic rings. The zero-order valence-corrected chi connectivity index (χ0v) is 12.2. The molecule has 3 heteroatoms. The van der Waals surface area contributed by atoms with Gasteiger partial charge in [0.15, 0.2) is 0 Å². The van der Waals surface area contributed by atoms with Gasteiger partial charge in [-0.15, -0.1) is 0 Å². The zero-order chi connectivity index (χ0) is 13.5. The molecular weight excluding hydrogens is 224 g/mol. The molecule has 0 fully saturated rings. The highest BCUT2D eigenvalue weighted by molar-refractivity contribution is 5.46. The molecule has 1 aromatic carbocycles. The maximum absolute atomic E-state index is 5.21. The fourth-order valence-electron chi connectivity index (χ4n) is 2.00. The standard InChI is InChI=1S/C15H26N2O/c1-6-14(11-18-5)16-12(2)13-7-9-15(10-8-13)17(3)4/h7-10,12,14,16H,6,11H2,1-5H3. The van der Waals surface area contributed by atoms with E-state index >= 15 is 0 Å². The molecule has 18 heavy (non-hydrogen) atoms. The number of benzene rings is 1. The number of anilines is 1. The van der Waals surface area contributed by atoms with Crippen LogP contribution in [0.25, 0.3) is 0 Å². The molecule has 102 valence electrons. The van der Waals surface area contributed by atoms with Crippen LogP contribution < -0.4 is 10.2 Å². The van der Waals surface area contributed by atoms with Gasteiger partial charge >= 0.3 is 0 Å². The van der Waals surface area contributed by atoms with Crippen molar-refractivity contribution >= 4 is 5.69 Å². The van der Waals surface area contributed by atoms with Crippen molar-refractivity contribution in [3.8, 4) is 0 Å². The number of hydrogen-bond donors (Lipinski definition) is 1. The monoisotopic (exact) mass is 250 g/mol. The normalized spacial score (nSPS) is 14.3. The van der Waals surface area contributed by atoms with Crippen LogP contribution >= 0.6 is 0 Å². The van der Waals surface area contributed by atoms with Gasteiger partial charge in [0.05, 0.1) is 6.61 Å². The van der Waals surface area contributed by atoms with Gasteiger partial charge in [0.1, 0.15) is 0 Å². The van der Waals surface area contributed by atoms with Crippen molar-refractivity contribution in [3.05, 3.63) is 29.8 Å². The summed E-state index contributed by atoms with van der Waals surface area (Å²) in [5.41, 5.74) is 2.55. The molecule has 3 nitrogen and oxygen atoms in total. The summed E-state index contributed by atoms with van der Waals surface area (Å²) in [4.78, 5) is 2.11. The molecule has 1 aromatic rings. The molecule has 0 amide bonds. The predicted molar refractivity (Wildman–Crippen MR) is 78.3 cm³/mol. The SMILES string of the molecule is CCC(COC)NC(C)c1ccc(N(C)C)cc1. The molecule has 1 rings (SSSR count). The van der Waals surface area contributed by atoms with E-state index in [1.54, 1.807) is 7.11 Å². The van der Waals surface area contributed by atoms with Gasteiger partial charge in [-0.05, 0) is 31.0 Å². The molecule has 0 bridgehead atoms. The van der Waals surface area contributed by atoms with Crippen LogP contribution in [-0.2, 0) is 4.74 Å². The Labute approximate surface area is 111 Å². The van der Waals surface area contributed by atoms with E-state index in [1.807, 2.05) is 0 Å². The largest absolute Gasteiger partial charge is 0.383 e. The van der Waals surface area contributed by atoms with Crippen LogP contribution in [0.4, 0.5) is 5.69 Å². The molecule has 0 saturated carbocycles. The number of ether oxygens (including phenoxy) is 1. The molecule has 1 N–H and O–H groups in total. The third-order valence-electron chi connectivity index (χ3n) is 3.26. The topological polar surface area (TPSA) is 24.5 Å². The summed E-state index contributed by atoms with van der Waals surface area (Å²) in [5.74, 6) is 0. The Hall–Kier alpha value is -1.06. The number of nitrogens with zero attached hydrogens (tertiary/aromatic N) is 1. The minimum absolute atomic E-state index is 0.348. The van der Waals surface area contributed by atoms with E-state index in [0.717, 1.165) is 13.0 Å². The zero-order valence-electron chi connectivity index (χ0n) is 12.2.